The Hall–Kier alpha value is -4.64. The van der Waals surface area contributed by atoms with Gasteiger partial charge in [0.05, 0.1) is 11.9 Å². The topological polar surface area (TPSA) is 166 Å². The zero-order valence-electron chi connectivity index (χ0n) is 19.6. The summed E-state index contributed by atoms with van der Waals surface area (Å²) in [6.45, 7) is 2.34. The molecule has 4 aromatic rings. The molecular weight excluding hydrogens is 460 g/mol. The van der Waals surface area contributed by atoms with Gasteiger partial charge in [-0.2, -0.15) is 0 Å². The highest BCUT2D eigenvalue weighted by Gasteiger charge is 2.20. The summed E-state index contributed by atoms with van der Waals surface area (Å²) in [5.41, 5.74) is 9.03. The van der Waals surface area contributed by atoms with Crippen LogP contribution in [0.5, 0.6) is 0 Å². The Morgan fingerprint density at radius 1 is 0.917 bits per heavy atom. The van der Waals surface area contributed by atoms with Gasteiger partial charge in [0.2, 0.25) is 12.3 Å². The van der Waals surface area contributed by atoms with E-state index in [1.165, 1.54) is 0 Å². The lowest BCUT2D eigenvalue weighted by Gasteiger charge is -2.20. The lowest BCUT2D eigenvalue weighted by atomic mass is 10.1. The van der Waals surface area contributed by atoms with Crippen LogP contribution >= 0.6 is 0 Å². The third-order valence-electron chi connectivity index (χ3n) is 5.84. The molecule has 2 aromatic heterocycles. The number of aromatic nitrogens is 4. The summed E-state index contributed by atoms with van der Waals surface area (Å²) in [4.78, 5) is 36.3. The van der Waals surface area contributed by atoms with Crippen LogP contribution < -0.4 is 11.9 Å². The van der Waals surface area contributed by atoms with E-state index in [1.807, 2.05) is 42.5 Å². The molecule has 0 spiro atoms. The monoisotopic (exact) mass is 486 g/mol. The molecule has 1 saturated heterocycles. The SMILES string of the molecule is N.Nc1ncc(-c2ccc(C(=O)N3CCCN(C=O)CC3)cc2)nc1-c1nnc(-c2ccccc2)o1. The van der Waals surface area contributed by atoms with E-state index >= 15 is 0 Å². The average Bonchev–Trinajstić information content (AvgIpc) is 3.27. The largest absolute Gasteiger partial charge is 0.414 e. The second kappa shape index (κ2) is 10.7. The molecular formula is C25H26N8O3. The highest BCUT2D eigenvalue weighted by atomic mass is 16.4. The van der Waals surface area contributed by atoms with Crippen LogP contribution in [0.1, 0.15) is 16.8 Å². The van der Waals surface area contributed by atoms with Crippen molar-refractivity contribution in [2.75, 3.05) is 31.9 Å². The van der Waals surface area contributed by atoms with Gasteiger partial charge < -0.3 is 26.1 Å². The van der Waals surface area contributed by atoms with Gasteiger partial charge in [0.15, 0.2) is 11.5 Å². The molecule has 0 atom stereocenters. The van der Waals surface area contributed by atoms with Crippen LogP contribution in [0.4, 0.5) is 5.82 Å². The molecule has 3 heterocycles. The molecule has 2 amide bonds. The molecule has 0 radical (unpaired) electrons. The van der Waals surface area contributed by atoms with Crippen molar-refractivity contribution >= 4 is 18.1 Å². The van der Waals surface area contributed by atoms with Gasteiger partial charge in [0, 0.05) is 42.9 Å². The standard InChI is InChI=1S/C25H23N7O3.H3N/c26-22-21(24-30-29-23(35-24)18-5-2-1-3-6-18)28-20(15-27-22)17-7-9-19(10-8-17)25(34)32-12-4-11-31(16-33)13-14-32;/h1-3,5-10,15-16H,4,11-14H2,(H2,26,27);1H3. The fraction of sp³-hybridized carbons (Fsp3) is 0.200. The number of hydrogen-bond acceptors (Lipinski definition) is 9. The number of benzene rings is 2. The van der Waals surface area contributed by atoms with Gasteiger partial charge in [-0.1, -0.05) is 30.3 Å². The van der Waals surface area contributed by atoms with Crippen LogP contribution in [-0.2, 0) is 4.79 Å². The molecule has 11 heteroatoms. The van der Waals surface area contributed by atoms with Gasteiger partial charge in [-0.05, 0) is 30.7 Å². The number of anilines is 1. The lowest BCUT2D eigenvalue weighted by molar-refractivity contribution is -0.118. The molecule has 1 aliphatic rings. The van der Waals surface area contributed by atoms with Gasteiger partial charge >= 0.3 is 0 Å². The number of amides is 2. The molecule has 1 aliphatic heterocycles. The van der Waals surface area contributed by atoms with Crippen LogP contribution in [0.15, 0.2) is 65.2 Å². The zero-order chi connectivity index (χ0) is 24.2. The maximum Gasteiger partial charge on any atom is 0.270 e. The van der Waals surface area contributed by atoms with Gasteiger partial charge in [-0.25, -0.2) is 9.97 Å². The van der Waals surface area contributed by atoms with E-state index in [2.05, 4.69) is 20.2 Å². The first kappa shape index (κ1) is 24.5. The minimum Gasteiger partial charge on any atom is -0.414 e. The van der Waals surface area contributed by atoms with Crippen LogP contribution in [-0.4, -0.2) is 68.5 Å². The van der Waals surface area contributed by atoms with E-state index in [-0.39, 0.29) is 23.8 Å². The Morgan fingerprint density at radius 2 is 1.67 bits per heavy atom. The maximum atomic E-state index is 12.9. The summed E-state index contributed by atoms with van der Waals surface area (Å²) in [5.74, 6) is 0.648. The number of nitrogens with two attached hydrogens (primary N) is 1. The van der Waals surface area contributed by atoms with Crippen molar-refractivity contribution in [2.45, 2.75) is 6.42 Å². The molecule has 1 fully saturated rings. The first-order valence-electron chi connectivity index (χ1n) is 11.2. The van der Waals surface area contributed by atoms with E-state index in [1.54, 1.807) is 28.1 Å². The number of nitrogen functional groups attached to an aromatic ring is 1. The van der Waals surface area contributed by atoms with Crippen molar-refractivity contribution in [3.05, 3.63) is 66.4 Å². The minimum absolute atomic E-state index is 0. The predicted octanol–water partition coefficient (Wildman–Crippen LogP) is 2.91. The molecule has 5 rings (SSSR count). The second-order valence-electron chi connectivity index (χ2n) is 8.13. The van der Waals surface area contributed by atoms with Crippen molar-refractivity contribution in [3.63, 3.8) is 0 Å². The first-order chi connectivity index (χ1) is 17.1. The average molecular weight is 487 g/mol. The molecule has 184 valence electrons. The summed E-state index contributed by atoms with van der Waals surface area (Å²) in [6, 6.07) is 16.6. The Bertz CT molecular complexity index is 1340. The minimum atomic E-state index is -0.0623. The van der Waals surface area contributed by atoms with Crippen molar-refractivity contribution in [2.24, 2.45) is 0 Å². The molecule has 0 unspecified atom stereocenters. The molecule has 0 bridgehead atoms. The van der Waals surface area contributed by atoms with E-state index in [0.717, 1.165) is 24.0 Å². The summed E-state index contributed by atoms with van der Waals surface area (Å²) in [5, 5.41) is 8.19. The van der Waals surface area contributed by atoms with Crippen LogP contribution in [0.2, 0.25) is 0 Å². The van der Waals surface area contributed by atoms with Gasteiger partial charge in [0.25, 0.3) is 11.8 Å². The number of nitrogens with zero attached hydrogens (tertiary/aromatic N) is 6. The molecule has 36 heavy (non-hydrogen) atoms. The summed E-state index contributed by atoms with van der Waals surface area (Å²) in [6.07, 6.45) is 3.16. The van der Waals surface area contributed by atoms with E-state index in [0.29, 0.717) is 49.0 Å². The molecule has 2 aromatic carbocycles. The fourth-order valence-electron chi connectivity index (χ4n) is 3.92. The molecule has 0 saturated carbocycles. The zero-order valence-corrected chi connectivity index (χ0v) is 19.6. The third-order valence-corrected chi connectivity index (χ3v) is 5.84. The molecule has 0 aliphatic carbocycles. The number of carbonyl (C=O) groups excluding carboxylic acids is 2. The molecule has 5 N–H and O–H groups in total. The molecule has 11 nitrogen and oxygen atoms in total. The second-order valence-corrected chi connectivity index (χ2v) is 8.13. The van der Waals surface area contributed by atoms with E-state index in [4.69, 9.17) is 10.2 Å². The van der Waals surface area contributed by atoms with Crippen molar-refractivity contribution < 1.29 is 14.0 Å². The normalized spacial score (nSPS) is 13.6. The van der Waals surface area contributed by atoms with E-state index < -0.39 is 0 Å². The Morgan fingerprint density at radius 3 is 2.42 bits per heavy atom. The smallest absolute Gasteiger partial charge is 0.270 e. The Balaban J connectivity index is 0.00000304. The summed E-state index contributed by atoms with van der Waals surface area (Å²) >= 11 is 0. The summed E-state index contributed by atoms with van der Waals surface area (Å²) in [7, 11) is 0. The van der Waals surface area contributed by atoms with Crippen LogP contribution in [0.25, 0.3) is 34.3 Å². The van der Waals surface area contributed by atoms with Gasteiger partial charge in [-0.3, -0.25) is 9.59 Å². The third kappa shape index (κ3) is 5.05. The lowest BCUT2D eigenvalue weighted by Crippen LogP contribution is -2.34. The quantitative estimate of drug-likeness (QED) is 0.403. The van der Waals surface area contributed by atoms with Crippen molar-refractivity contribution in [1.82, 2.24) is 36.1 Å². The Kier molecular flexibility index (Phi) is 7.31. The van der Waals surface area contributed by atoms with Crippen LogP contribution in [0, 0.1) is 0 Å². The fourth-order valence-corrected chi connectivity index (χ4v) is 3.92. The number of rotatable bonds is 5. The summed E-state index contributed by atoms with van der Waals surface area (Å²) < 4.78 is 5.79. The maximum absolute atomic E-state index is 12.9. The van der Waals surface area contributed by atoms with E-state index in [9.17, 15) is 9.59 Å². The van der Waals surface area contributed by atoms with Gasteiger partial charge in [-0.15, -0.1) is 10.2 Å². The predicted molar refractivity (Wildman–Crippen MR) is 134 cm³/mol. The van der Waals surface area contributed by atoms with Crippen LogP contribution in [0.3, 0.4) is 0 Å². The van der Waals surface area contributed by atoms with Gasteiger partial charge in [0.1, 0.15) is 0 Å². The highest BCUT2D eigenvalue weighted by Crippen LogP contribution is 2.28. The first-order valence-corrected chi connectivity index (χ1v) is 11.2. The Labute approximate surface area is 207 Å². The highest BCUT2D eigenvalue weighted by molar-refractivity contribution is 5.94. The number of carbonyl (C=O) groups is 2. The number of hydrogen-bond donors (Lipinski definition) is 2. The van der Waals surface area contributed by atoms with Crippen molar-refractivity contribution in [3.8, 4) is 34.3 Å². The van der Waals surface area contributed by atoms with Crippen molar-refractivity contribution in [1.29, 1.82) is 0 Å².